The Morgan fingerprint density at radius 1 is 1.35 bits per heavy atom. The van der Waals surface area contributed by atoms with Gasteiger partial charge < -0.3 is 15.7 Å². The summed E-state index contributed by atoms with van der Waals surface area (Å²) in [5, 5.41) is 14.4. The first-order chi connectivity index (χ1) is 9.38. The van der Waals surface area contributed by atoms with Crippen LogP contribution in [0.1, 0.15) is 46.5 Å². The Bertz CT molecular complexity index is 348. The van der Waals surface area contributed by atoms with Gasteiger partial charge in [0, 0.05) is 25.4 Å². The van der Waals surface area contributed by atoms with E-state index in [2.05, 4.69) is 16.6 Å². The Balaban J connectivity index is 4.22. The number of hydrogen-bond acceptors (Lipinski definition) is 2. The molecule has 0 spiro atoms. The molecule has 0 fully saturated rings. The third-order valence-electron chi connectivity index (χ3n) is 3.01. The second-order valence-corrected chi connectivity index (χ2v) is 5.46. The molecule has 3 N–H and O–H groups in total. The molecule has 114 valence electrons. The van der Waals surface area contributed by atoms with Gasteiger partial charge in [0.25, 0.3) is 0 Å². The monoisotopic (exact) mass is 282 g/mol. The Morgan fingerprint density at radius 3 is 2.45 bits per heavy atom. The van der Waals surface area contributed by atoms with Crippen LogP contribution in [0.2, 0.25) is 0 Å². The second-order valence-electron chi connectivity index (χ2n) is 5.46. The molecule has 0 aliphatic heterocycles. The quantitative estimate of drug-likeness (QED) is 0.567. The van der Waals surface area contributed by atoms with Gasteiger partial charge in [0.2, 0.25) is 0 Å². The van der Waals surface area contributed by atoms with Crippen molar-refractivity contribution in [3.05, 3.63) is 0 Å². The van der Waals surface area contributed by atoms with Crippen LogP contribution >= 0.6 is 0 Å². The summed E-state index contributed by atoms with van der Waals surface area (Å²) >= 11 is 0. The van der Waals surface area contributed by atoms with Crippen LogP contribution in [-0.4, -0.2) is 29.7 Å². The molecule has 0 aromatic heterocycles. The molecule has 0 rings (SSSR count). The SMILES string of the molecule is C#CCC(CC)NC(=O)NC[C@H](CC(=O)O)CC(C)C. The number of carbonyl (C=O) groups excluding carboxylic acids is 1. The molecule has 0 aromatic rings. The number of carboxylic acid groups (broad SMARTS) is 1. The molecule has 5 heteroatoms. The Labute approximate surface area is 121 Å². The topological polar surface area (TPSA) is 78.4 Å². The van der Waals surface area contributed by atoms with Crippen LogP contribution in [0.15, 0.2) is 0 Å². The van der Waals surface area contributed by atoms with Gasteiger partial charge in [0.05, 0.1) is 0 Å². The van der Waals surface area contributed by atoms with Crippen molar-refractivity contribution in [2.75, 3.05) is 6.54 Å². The van der Waals surface area contributed by atoms with E-state index in [-0.39, 0.29) is 24.4 Å². The van der Waals surface area contributed by atoms with Crippen molar-refractivity contribution >= 4 is 12.0 Å². The fourth-order valence-electron chi connectivity index (χ4n) is 2.07. The zero-order valence-electron chi connectivity index (χ0n) is 12.6. The molecule has 0 aliphatic rings. The first kappa shape index (κ1) is 18.3. The highest BCUT2D eigenvalue weighted by Crippen LogP contribution is 2.14. The maximum absolute atomic E-state index is 11.7. The largest absolute Gasteiger partial charge is 0.481 e. The van der Waals surface area contributed by atoms with E-state index in [4.69, 9.17) is 11.5 Å². The summed E-state index contributed by atoms with van der Waals surface area (Å²) in [5.41, 5.74) is 0. The van der Waals surface area contributed by atoms with Gasteiger partial charge in [-0.25, -0.2) is 4.79 Å². The summed E-state index contributed by atoms with van der Waals surface area (Å²) in [5.74, 6) is 2.03. The Morgan fingerprint density at radius 2 is 2.00 bits per heavy atom. The zero-order chi connectivity index (χ0) is 15.5. The average molecular weight is 282 g/mol. The van der Waals surface area contributed by atoms with Crippen molar-refractivity contribution in [2.45, 2.75) is 52.5 Å². The van der Waals surface area contributed by atoms with E-state index in [9.17, 15) is 9.59 Å². The summed E-state index contributed by atoms with van der Waals surface area (Å²) in [4.78, 5) is 22.5. The van der Waals surface area contributed by atoms with Crippen LogP contribution in [0, 0.1) is 24.2 Å². The molecule has 0 saturated carbocycles. The van der Waals surface area contributed by atoms with Crippen LogP contribution in [0.3, 0.4) is 0 Å². The second kappa shape index (κ2) is 10.1. The van der Waals surface area contributed by atoms with Gasteiger partial charge in [-0.05, 0) is 24.7 Å². The number of amides is 2. The molecule has 0 bridgehead atoms. The minimum atomic E-state index is -0.836. The zero-order valence-corrected chi connectivity index (χ0v) is 12.6. The third kappa shape index (κ3) is 9.26. The van der Waals surface area contributed by atoms with E-state index in [0.29, 0.717) is 18.9 Å². The molecule has 2 atom stereocenters. The van der Waals surface area contributed by atoms with E-state index < -0.39 is 5.97 Å². The minimum Gasteiger partial charge on any atom is -0.481 e. The number of carboxylic acids is 1. The van der Waals surface area contributed by atoms with Gasteiger partial charge in [-0.3, -0.25) is 4.79 Å². The smallest absolute Gasteiger partial charge is 0.315 e. The predicted octanol–water partition coefficient (Wildman–Crippen LogP) is 2.22. The Hall–Kier alpha value is -1.70. The average Bonchev–Trinajstić information content (AvgIpc) is 2.34. The maximum atomic E-state index is 11.7. The van der Waals surface area contributed by atoms with Gasteiger partial charge >= 0.3 is 12.0 Å². The van der Waals surface area contributed by atoms with Crippen molar-refractivity contribution in [3.63, 3.8) is 0 Å². The molecule has 20 heavy (non-hydrogen) atoms. The summed E-state index contributed by atoms with van der Waals surface area (Å²) in [6.07, 6.45) is 7.33. The molecule has 0 heterocycles. The lowest BCUT2D eigenvalue weighted by Crippen LogP contribution is -2.43. The number of urea groups is 1. The van der Waals surface area contributed by atoms with Crippen LogP contribution in [-0.2, 0) is 4.79 Å². The standard InChI is InChI=1S/C15H26N2O3/c1-5-7-13(6-2)17-15(20)16-10-12(8-11(3)4)9-14(18)19/h1,11-13H,6-10H2,2-4H3,(H,18,19)(H2,16,17,20)/t12-,13?/m0/s1. The summed E-state index contributed by atoms with van der Waals surface area (Å²) in [7, 11) is 0. The number of nitrogens with one attached hydrogen (secondary N) is 2. The fraction of sp³-hybridized carbons (Fsp3) is 0.733. The van der Waals surface area contributed by atoms with E-state index in [1.807, 2.05) is 20.8 Å². The van der Waals surface area contributed by atoms with E-state index in [1.54, 1.807) is 0 Å². The maximum Gasteiger partial charge on any atom is 0.315 e. The van der Waals surface area contributed by atoms with E-state index >= 15 is 0 Å². The molecular formula is C15H26N2O3. The van der Waals surface area contributed by atoms with Gasteiger partial charge in [0.1, 0.15) is 0 Å². The van der Waals surface area contributed by atoms with Gasteiger partial charge in [-0.2, -0.15) is 0 Å². The third-order valence-corrected chi connectivity index (χ3v) is 3.01. The molecule has 0 radical (unpaired) electrons. The van der Waals surface area contributed by atoms with Gasteiger partial charge in [-0.1, -0.05) is 20.8 Å². The van der Waals surface area contributed by atoms with Gasteiger partial charge in [-0.15, -0.1) is 12.3 Å². The lowest BCUT2D eigenvalue weighted by molar-refractivity contribution is -0.138. The van der Waals surface area contributed by atoms with Gasteiger partial charge in [0.15, 0.2) is 0 Å². The number of hydrogen-bond donors (Lipinski definition) is 3. The summed E-state index contributed by atoms with van der Waals surface area (Å²) < 4.78 is 0. The Kier molecular flexibility index (Phi) is 9.27. The summed E-state index contributed by atoms with van der Waals surface area (Å²) in [6.45, 7) is 6.39. The van der Waals surface area contributed by atoms with Crippen molar-refractivity contribution in [1.82, 2.24) is 10.6 Å². The van der Waals surface area contributed by atoms with Crippen molar-refractivity contribution in [1.29, 1.82) is 0 Å². The summed E-state index contributed by atoms with van der Waals surface area (Å²) in [6, 6.07) is -0.325. The number of carbonyl (C=O) groups is 2. The lowest BCUT2D eigenvalue weighted by atomic mass is 9.94. The van der Waals surface area contributed by atoms with Crippen molar-refractivity contribution in [3.8, 4) is 12.3 Å². The first-order valence-electron chi connectivity index (χ1n) is 7.08. The highest BCUT2D eigenvalue weighted by atomic mass is 16.4. The van der Waals surface area contributed by atoms with Crippen LogP contribution in [0.25, 0.3) is 0 Å². The number of aliphatic carboxylic acids is 1. The normalized spacial score (nSPS) is 13.3. The molecule has 0 aromatic carbocycles. The predicted molar refractivity (Wildman–Crippen MR) is 79.3 cm³/mol. The molecule has 0 saturated heterocycles. The highest BCUT2D eigenvalue weighted by molar-refractivity contribution is 5.74. The first-order valence-corrected chi connectivity index (χ1v) is 7.08. The van der Waals surface area contributed by atoms with Crippen molar-refractivity contribution in [2.24, 2.45) is 11.8 Å². The lowest BCUT2D eigenvalue weighted by Gasteiger charge is -2.20. The van der Waals surface area contributed by atoms with Crippen LogP contribution < -0.4 is 10.6 Å². The minimum absolute atomic E-state index is 0.0389. The van der Waals surface area contributed by atoms with E-state index in [0.717, 1.165) is 12.8 Å². The molecule has 0 aliphatic carbocycles. The van der Waals surface area contributed by atoms with Crippen LogP contribution in [0.4, 0.5) is 4.79 Å². The highest BCUT2D eigenvalue weighted by Gasteiger charge is 2.16. The molecule has 1 unspecified atom stereocenters. The molecular weight excluding hydrogens is 256 g/mol. The molecule has 2 amide bonds. The van der Waals surface area contributed by atoms with Crippen molar-refractivity contribution < 1.29 is 14.7 Å². The van der Waals surface area contributed by atoms with Crippen LogP contribution in [0.5, 0.6) is 0 Å². The number of rotatable bonds is 9. The number of terminal acetylenes is 1. The van der Waals surface area contributed by atoms with E-state index in [1.165, 1.54) is 0 Å². The fourth-order valence-corrected chi connectivity index (χ4v) is 2.07. The molecule has 5 nitrogen and oxygen atoms in total.